The summed E-state index contributed by atoms with van der Waals surface area (Å²) in [6, 6.07) is 71.8. The third-order valence-corrected chi connectivity index (χ3v) is 8.85. The number of para-hydroxylation sites is 1. The van der Waals surface area contributed by atoms with Crippen LogP contribution in [0.2, 0.25) is 0 Å². The van der Waals surface area contributed by atoms with E-state index in [2.05, 4.69) is 205 Å². The van der Waals surface area contributed by atoms with Crippen molar-refractivity contribution < 1.29 is 0 Å². The number of hydrogen-bond acceptors (Lipinski definition) is 1. The minimum absolute atomic E-state index is 1.11. The van der Waals surface area contributed by atoms with E-state index in [9.17, 15) is 0 Å². The van der Waals surface area contributed by atoms with Gasteiger partial charge in [-0.25, -0.2) is 0 Å². The lowest BCUT2D eigenvalue weighted by Crippen LogP contribution is -2.09. The highest BCUT2D eigenvalue weighted by atomic mass is 15.1. The Morgan fingerprint density at radius 2 is 0.596 bits per heavy atom. The second-order valence-corrected chi connectivity index (χ2v) is 11.8. The molecule has 0 aromatic heterocycles. The maximum absolute atomic E-state index is 2.33. The number of nitrogens with zero attached hydrogens (tertiary/aromatic N) is 1. The van der Waals surface area contributed by atoms with Gasteiger partial charge in [-0.15, -0.1) is 0 Å². The average Bonchev–Trinajstić information content (AvgIpc) is 3.16. The van der Waals surface area contributed by atoms with E-state index in [1.165, 1.54) is 55.3 Å². The molecule has 0 N–H and O–H groups in total. The summed E-state index contributed by atoms with van der Waals surface area (Å²) in [4.78, 5) is 2.33. The molecule has 0 spiro atoms. The molecule has 8 aromatic carbocycles. The third-order valence-electron chi connectivity index (χ3n) is 8.85. The highest BCUT2D eigenvalue weighted by Gasteiger charge is 2.15. The minimum atomic E-state index is 1.11. The quantitative estimate of drug-likeness (QED) is 0.176. The SMILES string of the molecule is c1ccc(-c2cccc(-c3ccc(N(c4ccccc4)c4ccc(-c5cc6ccccc6cc5-c5ccccc5)cc4)cc3)c2)cc1. The van der Waals surface area contributed by atoms with Crippen molar-refractivity contribution in [1.82, 2.24) is 0 Å². The molecule has 8 rings (SSSR count). The second-order valence-electron chi connectivity index (χ2n) is 11.8. The summed E-state index contributed by atoms with van der Waals surface area (Å²) in [7, 11) is 0. The van der Waals surface area contributed by atoms with E-state index in [0.29, 0.717) is 0 Å². The molecule has 0 fully saturated rings. The summed E-state index contributed by atoms with van der Waals surface area (Å²) in [6.45, 7) is 0. The standard InChI is InChI=1S/C46H33N/c1-4-13-34(14-5-1)38-19-12-20-39(31-38)35-23-27-43(28-24-35)47(42-21-8-3-9-22-42)44-29-25-37(26-30-44)46-33-41-18-11-10-17-40(41)32-45(46)36-15-6-2-7-16-36/h1-33H. The minimum Gasteiger partial charge on any atom is -0.311 e. The fraction of sp³-hybridized carbons (Fsp3) is 0. The van der Waals surface area contributed by atoms with Gasteiger partial charge in [0.05, 0.1) is 0 Å². The lowest BCUT2D eigenvalue weighted by molar-refractivity contribution is 1.28. The van der Waals surface area contributed by atoms with Crippen molar-refractivity contribution in [1.29, 1.82) is 0 Å². The zero-order chi connectivity index (χ0) is 31.4. The van der Waals surface area contributed by atoms with Gasteiger partial charge in [0.15, 0.2) is 0 Å². The van der Waals surface area contributed by atoms with Crippen molar-refractivity contribution in [3.05, 3.63) is 200 Å². The highest BCUT2D eigenvalue weighted by molar-refractivity contribution is 5.96. The number of anilines is 3. The second kappa shape index (κ2) is 12.7. The zero-order valence-corrected chi connectivity index (χ0v) is 26.0. The first-order valence-corrected chi connectivity index (χ1v) is 16.1. The molecule has 0 saturated carbocycles. The van der Waals surface area contributed by atoms with Gasteiger partial charge in [0.25, 0.3) is 0 Å². The van der Waals surface area contributed by atoms with Crippen LogP contribution in [0.5, 0.6) is 0 Å². The summed E-state index contributed by atoms with van der Waals surface area (Å²) < 4.78 is 0. The van der Waals surface area contributed by atoms with E-state index < -0.39 is 0 Å². The maximum atomic E-state index is 2.33. The summed E-state index contributed by atoms with van der Waals surface area (Å²) in [6.07, 6.45) is 0. The molecule has 0 saturated heterocycles. The van der Waals surface area contributed by atoms with Crippen molar-refractivity contribution in [2.45, 2.75) is 0 Å². The smallest absolute Gasteiger partial charge is 0.0462 e. The summed E-state index contributed by atoms with van der Waals surface area (Å²) in [5, 5.41) is 2.49. The van der Waals surface area contributed by atoms with Gasteiger partial charge in [0.1, 0.15) is 0 Å². The predicted molar refractivity (Wildman–Crippen MR) is 200 cm³/mol. The Bertz CT molecular complexity index is 2250. The van der Waals surface area contributed by atoms with Crippen LogP contribution >= 0.6 is 0 Å². The topological polar surface area (TPSA) is 3.24 Å². The normalized spacial score (nSPS) is 11.0. The van der Waals surface area contributed by atoms with E-state index in [-0.39, 0.29) is 0 Å². The Morgan fingerprint density at radius 3 is 1.13 bits per heavy atom. The zero-order valence-electron chi connectivity index (χ0n) is 26.0. The van der Waals surface area contributed by atoms with Gasteiger partial charge in [0.2, 0.25) is 0 Å². The first-order valence-electron chi connectivity index (χ1n) is 16.1. The van der Waals surface area contributed by atoms with E-state index in [1.807, 2.05) is 0 Å². The van der Waals surface area contributed by atoms with Crippen LogP contribution in [-0.4, -0.2) is 0 Å². The van der Waals surface area contributed by atoms with E-state index in [1.54, 1.807) is 0 Å². The molecule has 0 aliphatic heterocycles. The Morgan fingerprint density at radius 1 is 0.234 bits per heavy atom. The molecule has 0 radical (unpaired) electrons. The van der Waals surface area contributed by atoms with Crippen LogP contribution in [0, 0.1) is 0 Å². The van der Waals surface area contributed by atoms with Crippen LogP contribution in [0.25, 0.3) is 55.3 Å². The lowest BCUT2D eigenvalue weighted by Gasteiger charge is -2.26. The molecule has 0 unspecified atom stereocenters. The largest absolute Gasteiger partial charge is 0.311 e. The molecule has 0 heterocycles. The monoisotopic (exact) mass is 599 g/mol. The van der Waals surface area contributed by atoms with Crippen molar-refractivity contribution in [3.63, 3.8) is 0 Å². The van der Waals surface area contributed by atoms with Gasteiger partial charge in [0, 0.05) is 17.1 Å². The molecule has 1 heteroatoms. The average molecular weight is 600 g/mol. The number of fused-ring (bicyclic) bond motifs is 1. The fourth-order valence-corrected chi connectivity index (χ4v) is 6.46. The van der Waals surface area contributed by atoms with Crippen molar-refractivity contribution >= 4 is 27.8 Å². The first-order chi connectivity index (χ1) is 23.3. The van der Waals surface area contributed by atoms with Crippen LogP contribution in [0.15, 0.2) is 200 Å². The van der Waals surface area contributed by atoms with E-state index in [4.69, 9.17) is 0 Å². The lowest BCUT2D eigenvalue weighted by atomic mass is 9.91. The van der Waals surface area contributed by atoms with Crippen LogP contribution in [0.3, 0.4) is 0 Å². The van der Waals surface area contributed by atoms with Gasteiger partial charge in [-0.1, -0.05) is 146 Å². The predicted octanol–water partition coefficient (Wildman–Crippen LogP) is 13.0. The molecule has 222 valence electrons. The van der Waals surface area contributed by atoms with Crippen molar-refractivity contribution in [2.75, 3.05) is 4.90 Å². The van der Waals surface area contributed by atoms with Crippen molar-refractivity contribution in [3.8, 4) is 44.5 Å². The fourth-order valence-electron chi connectivity index (χ4n) is 6.46. The first kappa shape index (κ1) is 28.3. The van der Waals surface area contributed by atoms with E-state index >= 15 is 0 Å². The highest BCUT2D eigenvalue weighted by Crippen LogP contribution is 2.40. The number of hydrogen-bond donors (Lipinski definition) is 0. The Hall–Kier alpha value is -6.18. The molecular formula is C46H33N. The summed E-state index contributed by atoms with van der Waals surface area (Å²) >= 11 is 0. The molecule has 47 heavy (non-hydrogen) atoms. The molecule has 0 amide bonds. The molecule has 0 bridgehead atoms. The van der Waals surface area contributed by atoms with Crippen molar-refractivity contribution in [2.24, 2.45) is 0 Å². The summed E-state index contributed by atoms with van der Waals surface area (Å²) in [5.41, 5.74) is 13.1. The molecule has 0 atom stereocenters. The number of benzene rings is 8. The van der Waals surface area contributed by atoms with Crippen LogP contribution in [-0.2, 0) is 0 Å². The molecule has 0 aliphatic carbocycles. The number of rotatable bonds is 7. The molecule has 1 nitrogen and oxygen atoms in total. The third kappa shape index (κ3) is 5.83. The van der Waals surface area contributed by atoms with Gasteiger partial charge >= 0.3 is 0 Å². The van der Waals surface area contributed by atoms with Gasteiger partial charge in [-0.2, -0.15) is 0 Å². The van der Waals surface area contributed by atoms with Crippen LogP contribution in [0.4, 0.5) is 17.1 Å². The molecular weight excluding hydrogens is 567 g/mol. The Kier molecular flexibility index (Phi) is 7.63. The Labute approximate surface area is 276 Å². The van der Waals surface area contributed by atoms with Crippen LogP contribution < -0.4 is 4.90 Å². The van der Waals surface area contributed by atoms with Gasteiger partial charge in [-0.3, -0.25) is 0 Å². The van der Waals surface area contributed by atoms with Crippen LogP contribution in [0.1, 0.15) is 0 Å². The summed E-state index contributed by atoms with van der Waals surface area (Å²) in [5.74, 6) is 0. The maximum Gasteiger partial charge on any atom is 0.0462 e. The van der Waals surface area contributed by atoms with Gasteiger partial charge < -0.3 is 4.90 Å². The molecule has 8 aromatic rings. The van der Waals surface area contributed by atoms with E-state index in [0.717, 1.165) is 17.1 Å². The Balaban J connectivity index is 1.16. The van der Waals surface area contributed by atoms with Gasteiger partial charge in [-0.05, 0) is 110 Å². The molecule has 0 aliphatic rings.